The van der Waals surface area contributed by atoms with Gasteiger partial charge in [-0.3, -0.25) is 0 Å². The summed E-state index contributed by atoms with van der Waals surface area (Å²) in [6.45, 7) is 0. The van der Waals surface area contributed by atoms with E-state index in [-0.39, 0.29) is 6.42 Å². The number of halogens is 4. The maximum atomic E-state index is 12.3. The molecule has 0 fully saturated rings. The van der Waals surface area contributed by atoms with Crippen LogP contribution in [0.25, 0.3) is 0 Å². The Bertz CT molecular complexity index is 331. The molecule has 0 nitrogen and oxygen atoms in total. The van der Waals surface area contributed by atoms with Gasteiger partial charge in [-0.2, -0.15) is 8.78 Å². The second-order valence-corrected chi connectivity index (χ2v) is 5.43. The zero-order chi connectivity index (χ0) is 10.6. The number of hydrogen-bond donors (Lipinski definition) is 0. The van der Waals surface area contributed by atoms with Gasteiger partial charge in [-0.05, 0) is 12.1 Å². The first-order valence-corrected chi connectivity index (χ1v) is 5.85. The molecule has 14 heavy (non-hydrogen) atoms. The molecule has 1 aromatic rings. The van der Waals surface area contributed by atoms with Crippen molar-refractivity contribution in [2.24, 2.45) is 0 Å². The number of allylic oxidation sites excluding steroid dienone is 1. The molecule has 0 aliphatic heterocycles. The summed E-state index contributed by atoms with van der Waals surface area (Å²) in [5, 5.41) is 0. The Morgan fingerprint density at radius 3 is 2.57 bits per heavy atom. The van der Waals surface area contributed by atoms with Crippen LogP contribution in [-0.4, -0.2) is 5.75 Å². The molecule has 78 valence electrons. The molecule has 0 saturated heterocycles. The van der Waals surface area contributed by atoms with Gasteiger partial charge in [-0.1, -0.05) is 11.6 Å². The molecule has 0 aliphatic rings. The van der Waals surface area contributed by atoms with Crippen LogP contribution >= 0.6 is 34.7 Å². The molecule has 0 bridgehead atoms. The first kappa shape index (κ1) is 11.9. The first-order valence-electron chi connectivity index (χ1n) is 3.67. The molecule has 0 aliphatic carbocycles. The van der Waals surface area contributed by atoms with Gasteiger partial charge in [0.1, 0.15) is 0 Å². The van der Waals surface area contributed by atoms with Crippen molar-refractivity contribution in [2.45, 2.75) is 10.6 Å². The van der Waals surface area contributed by atoms with E-state index in [0.717, 1.165) is 4.21 Å². The summed E-state index contributed by atoms with van der Waals surface area (Å²) >= 11 is 8.32. The largest absolute Gasteiger partial charge is 0.301 e. The SMILES string of the molecule is FC(F)=C(F)CCSc1ccc(Cl)s1. The average Bonchev–Trinajstić information content (AvgIpc) is 2.51. The number of thiophene rings is 1. The van der Waals surface area contributed by atoms with Gasteiger partial charge >= 0.3 is 6.08 Å². The van der Waals surface area contributed by atoms with Gasteiger partial charge in [-0.25, -0.2) is 4.39 Å². The molecule has 1 rings (SSSR count). The van der Waals surface area contributed by atoms with E-state index in [2.05, 4.69) is 0 Å². The number of hydrogen-bond acceptors (Lipinski definition) is 2. The Hall–Kier alpha value is -0.130. The topological polar surface area (TPSA) is 0 Å². The van der Waals surface area contributed by atoms with Crippen LogP contribution in [0.1, 0.15) is 6.42 Å². The molecular formula is C8H6ClF3S2. The van der Waals surface area contributed by atoms with E-state index in [1.165, 1.54) is 23.1 Å². The van der Waals surface area contributed by atoms with E-state index in [9.17, 15) is 13.2 Å². The minimum Gasteiger partial charge on any atom is -0.206 e. The first-order chi connectivity index (χ1) is 6.59. The molecule has 0 saturated carbocycles. The van der Waals surface area contributed by atoms with E-state index < -0.39 is 11.9 Å². The van der Waals surface area contributed by atoms with E-state index in [0.29, 0.717) is 10.1 Å². The normalized spacial score (nSPS) is 10.3. The van der Waals surface area contributed by atoms with E-state index >= 15 is 0 Å². The molecule has 0 atom stereocenters. The smallest absolute Gasteiger partial charge is 0.206 e. The molecule has 0 amide bonds. The summed E-state index contributed by atoms with van der Waals surface area (Å²) in [5.41, 5.74) is 0. The fourth-order valence-electron chi connectivity index (χ4n) is 0.711. The summed E-state index contributed by atoms with van der Waals surface area (Å²) in [4.78, 5) is 0. The van der Waals surface area contributed by atoms with Crippen LogP contribution in [0.4, 0.5) is 13.2 Å². The van der Waals surface area contributed by atoms with E-state index in [4.69, 9.17) is 11.6 Å². The Balaban J connectivity index is 2.32. The van der Waals surface area contributed by atoms with Gasteiger partial charge in [0.05, 0.1) is 8.55 Å². The lowest BCUT2D eigenvalue weighted by molar-refractivity contribution is 0.373. The third-order valence-electron chi connectivity index (χ3n) is 1.32. The van der Waals surface area contributed by atoms with Crippen molar-refractivity contribution in [3.63, 3.8) is 0 Å². The highest BCUT2D eigenvalue weighted by Crippen LogP contribution is 2.31. The van der Waals surface area contributed by atoms with Crippen LogP contribution in [0.5, 0.6) is 0 Å². The van der Waals surface area contributed by atoms with Crippen molar-refractivity contribution in [3.05, 3.63) is 28.4 Å². The highest BCUT2D eigenvalue weighted by molar-refractivity contribution is 8.01. The maximum absolute atomic E-state index is 12.3. The van der Waals surface area contributed by atoms with Gasteiger partial charge in [0.2, 0.25) is 0 Å². The molecule has 0 radical (unpaired) electrons. The minimum atomic E-state index is -2.23. The summed E-state index contributed by atoms with van der Waals surface area (Å²) in [7, 11) is 0. The average molecular weight is 259 g/mol. The van der Waals surface area contributed by atoms with Gasteiger partial charge in [0.15, 0.2) is 5.83 Å². The standard InChI is InChI=1S/C8H6ClF3S2/c9-6-1-2-7(14-6)13-4-3-5(10)8(11)12/h1-2H,3-4H2. The van der Waals surface area contributed by atoms with Crippen LogP contribution in [0.3, 0.4) is 0 Å². The summed E-state index contributed by atoms with van der Waals surface area (Å²) < 4.78 is 37.1. The van der Waals surface area contributed by atoms with Crippen molar-refractivity contribution < 1.29 is 13.2 Å². The molecule has 1 heterocycles. The molecule has 1 aromatic heterocycles. The third-order valence-corrected chi connectivity index (χ3v) is 3.78. The lowest BCUT2D eigenvalue weighted by Crippen LogP contribution is -1.81. The Morgan fingerprint density at radius 1 is 1.36 bits per heavy atom. The predicted octanol–water partition coefficient (Wildman–Crippen LogP) is 4.96. The van der Waals surface area contributed by atoms with Crippen molar-refractivity contribution >= 4 is 34.7 Å². The van der Waals surface area contributed by atoms with E-state index in [1.807, 2.05) is 0 Å². The number of rotatable bonds is 4. The molecule has 6 heteroatoms. The zero-order valence-electron chi connectivity index (χ0n) is 6.90. The number of thioether (sulfide) groups is 1. The summed E-state index contributed by atoms with van der Waals surface area (Å²) in [6, 6.07) is 3.50. The Labute approximate surface area is 92.8 Å². The van der Waals surface area contributed by atoms with Crippen molar-refractivity contribution in [1.29, 1.82) is 0 Å². The molecule has 0 unspecified atom stereocenters. The summed E-state index contributed by atoms with van der Waals surface area (Å²) in [5.74, 6) is -1.04. The monoisotopic (exact) mass is 258 g/mol. The van der Waals surface area contributed by atoms with Gasteiger partial charge in [-0.15, -0.1) is 23.1 Å². The van der Waals surface area contributed by atoms with Crippen LogP contribution in [-0.2, 0) is 0 Å². The predicted molar refractivity (Wildman–Crippen MR) is 55.0 cm³/mol. The van der Waals surface area contributed by atoms with Crippen LogP contribution in [0, 0.1) is 0 Å². The highest BCUT2D eigenvalue weighted by atomic mass is 35.5. The van der Waals surface area contributed by atoms with Crippen LogP contribution < -0.4 is 0 Å². The van der Waals surface area contributed by atoms with E-state index in [1.54, 1.807) is 12.1 Å². The second kappa shape index (κ2) is 5.68. The van der Waals surface area contributed by atoms with Crippen molar-refractivity contribution in [1.82, 2.24) is 0 Å². The van der Waals surface area contributed by atoms with Gasteiger partial charge in [0.25, 0.3) is 0 Å². The maximum Gasteiger partial charge on any atom is 0.301 e. The highest BCUT2D eigenvalue weighted by Gasteiger charge is 2.05. The van der Waals surface area contributed by atoms with Crippen molar-refractivity contribution in [3.8, 4) is 0 Å². The van der Waals surface area contributed by atoms with Gasteiger partial charge in [0, 0.05) is 12.2 Å². The zero-order valence-corrected chi connectivity index (χ0v) is 9.29. The van der Waals surface area contributed by atoms with Crippen LogP contribution in [0.2, 0.25) is 4.34 Å². The van der Waals surface area contributed by atoms with Gasteiger partial charge < -0.3 is 0 Å². The fourth-order valence-corrected chi connectivity index (χ4v) is 3.03. The molecule has 0 N–H and O–H groups in total. The fraction of sp³-hybridized carbons (Fsp3) is 0.250. The molecule has 0 spiro atoms. The quantitative estimate of drug-likeness (QED) is 0.688. The third kappa shape index (κ3) is 3.94. The molecular weight excluding hydrogens is 253 g/mol. The summed E-state index contributed by atoms with van der Waals surface area (Å²) in [6.07, 6.45) is -2.47. The Kier molecular flexibility index (Phi) is 4.84. The van der Waals surface area contributed by atoms with Crippen LogP contribution in [0.15, 0.2) is 28.2 Å². The van der Waals surface area contributed by atoms with Crippen molar-refractivity contribution in [2.75, 3.05) is 5.75 Å². The minimum absolute atomic E-state index is 0.248. The Morgan fingerprint density at radius 2 is 2.07 bits per heavy atom. The molecule has 0 aromatic carbocycles. The second-order valence-electron chi connectivity index (χ2n) is 2.32. The lowest BCUT2D eigenvalue weighted by atomic mass is 10.4. The lowest BCUT2D eigenvalue weighted by Gasteiger charge is -1.95.